The minimum atomic E-state index is -4.39. The fourth-order valence-electron chi connectivity index (χ4n) is 2.63. The highest BCUT2D eigenvalue weighted by Crippen LogP contribution is 2.21. The number of aromatic nitrogens is 2. The first-order valence-electron chi connectivity index (χ1n) is 8.35. The highest BCUT2D eigenvalue weighted by molar-refractivity contribution is 5.79. The van der Waals surface area contributed by atoms with Gasteiger partial charge in [-0.25, -0.2) is 4.79 Å². The molecule has 0 unspecified atom stereocenters. The number of aryl methyl sites for hydroxylation is 1. The van der Waals surface area contributed by atoms with E-state index in [0.29, 0.717) is 28.3 Å². The molecular formula is C18H20F3N3O4. The number of alkyl halides is 3. The van der Waals surface area contributed by atoms with Crippen LogP contribution >= 0.6 is 0 Å². The topological polar surface area (TPSA) is 93.5 Å². The second-order valence-corrected chi connectivity index (χ2v) is 6.21. The Bertz CT molecular complexity index is 862. The SMILES string of the molecule is Cc1nn(CC(F)(F)F)c(C)c1CC(=O)NCc1cccc(OCC(=O)O)c1. The average molecular weight is 399 g/mol. The zero-order chi connectivity index (χ0) is 20.9. The Morgan fingerprint density at radius 3 is 2.64 bits per heavy atom. The van der Waals surface area contributed by atoms with Gasteiger partial charge in [0.15, 0.2) is 6.61 Å². The van der Waals surface area contributed by atoms with Gasteiger partial charge in [-0.1, -0.05) is 12.1 Å². The molecule has 0 saturated heterocycles. The summed E-state index contributed by atoms with van der Waals surface area (Å²) in [6.45, 7) is 1.54. The van der Waals surface area contributed by atoms with Crippen LogP contribution in [0.5, 0.6) is 5.75 Å². The van der Waals surface area contributed by atoms with Crippen molar-refractivity contribution in [3.05, 3.63) is 46.8 Å². The molecule has 0 aliphatic rings. The van der Waals surface area contributed by atoms with Gasteiger partial charge < -0.3 is 15.2 Å². The number of amides is 1. The standard InChI is InChI=1S/C18H20F3N3O4/c1-11-15(12(2)24(23-11)10-18(19,20)21)7-16(25)22-8-13-4-3-5-14(6-13)28-9-17(26)27/h3-6H,7-10H2,1-2H3,(H,22,25)(H,26,27). The average Bonchev–Trinajstić information content (AvgIpc) is 2.84. The van der Waals surface area contributed by atoms with E-state index in [1.54, 1.807) is 31.2 Å². The largest absolute Gasteiger partial charge is 0.482 e. The highest BCUT2D eigenvalue weighted by Gasteiger charge is 2.30. The summed E-state index contributed by atoms with van der Waals surface area (Å²) in [6, 6.07) is 6.58. The van der Waals surface area contributed by atoms with E-state index >= 15 is 0 Å². The molecule has 28 heavy (non-hydrogen) atoms. The maximum absolute atomic E-state index is 12.6. The number of nitrogens with one attached hydrogen (secondary N) is 1. The Hall–Kier alpha value is -3.04. The molecule has 1 heterocycles. The number of nitrogens with zero attached hydrogens (tertiary/aromatic N) is 2. The number of carboxylic acid groups (broad SMARTS) is 1. The van der Waals surface area contributed by atoms with Crippen LogP contribution in [-0.2, 0) is 29.1 Å². The fraction of sp³-hybridized carbons (Fsp3) is 0.389. The molecular weight excluding hydrogens is 379 g/mol. The molecule has 0 spiro atoms. The molecule has 0 radical (unpaired) electrons. The number of aliphatic carboxylic acids is 1. The molecule has 152 valence electrons. The van der Waals surface area contributed by atoms with Crippen molar-refractivity contribution in [3.8, 4) is 5.75 Å². The van der Waals surface area contributed by atoms with Crippen molar-refractivity contribution in [2.75, 3.05) is 6.61 Å². The number of carbonyl (C=O) groups is 2. The number of carboxylic acids is 1. The van der Waals surface area contributed by atoms with Crippen molar-refractivity contribution in [1.82, 2.24) is 15.1 Å². The third-order valence-electron chi connectivity index (χ3n) is 3.95. The van der Waals surface area contributed by atoms with Crippen molar-refractivity contribution < 1.29 is 32.6 Å². The lowest BCUT2D eigenvalue weighted by atomic mass is 10.1. The lowest BCUT2D eigenvalue weighted by Crippen LogP contribution is -2.25. The quantitative estimate of drug-likeness (QED) is 0.711. The molecule has 1 amide bonds. The fourth-order valence-corrected chi connectivity index (χ4v) is 2.63. The number of benzene rings is 1. The number of halogens is 3. The third kappa shape index (κ3) is 6.29. The predicted molar refractivity (Wildman–Crippen MR) is 92.9 cm³/mol. The summed E-state index contributed by atoms with van der Waals surface area (Å²) in [5.74, 6) is -1.11. The van der Waals surface area contributed by atoms with E-state index in [0.717, 1.165) is 4.68 Å². The van der Waals surface area contributed by atoms with Crippen molar-refractivity contribution in [1.29, 1.82) is 0 Å². The maximum Gasteiger partial charge on any atom is 0.408 e. The van der Waals surface area contributed by atoms with Gasteiger partial charge in [0, 0.05) is 17.8 Å². The number of rotatable bonds is 8. The summed E-state index contributed by atoms with van der Waals surface area (Å²) >= 11 is 0. The first kappa shape index (κ1) is 21.3. The van der Waals surface area contributed by atoms with Crippen LogP contribution in [-0.4, -0.2) is 39.5 Å². The van der Waals surface area contributed by atoms with Crippen LogP contribution in [0.4, 0.5) is 13.2 Å². The molecule has 10 heteroatoms. The summed E-state index contributed by atoms with van der Waals surface area (Å²) in [5, 5.41) is 15.2. The van der Waals surface area contributed by atoms with Gasteiger partial charge in [0.1, 0.15) is 12.3 Å². The highest BCUT2D eigenvalue weighted by atomic mass is 19.4. The minimum Gasteiger partial charge on any atom is -0.482 e. The molecule has 0 aliphatic carbocycles. The summed E-state index contributed by atoms with van der Waals surface area (Å²) < 4.78 is 43.7. The van der Waals surface area contributed by atoms with E-state index < -0.39 is 25.3 Å². The molecule has 0 aliphatic heterocycles. The molecule has 1 aromatic carbocycles. The van der Waals surface area contributed by atoms with Gasteiger partial charge in [-0.15, -0.1) is 0 Å². The van der Waals surface area contributed by atoms with Crippen LogP contribution in [0, 0.1) is 13.8 Å². The molecule has 0 saturated carbocycles. The summed E-state index contributed by atoms with van der Waals surface area (Å²) in [4.78, 5) is 22.7. The Morgan fingerprint density at radius 2 is 2.00 bits per heavy atom. The molecule has 0 bridgehead atoms. The van der Waals surface area contributed by atoms with Crippen LogP contribution in [0.2, 0.25) is 0 Å². The smallest absolute Gasteiger partial charge is 0.408 e. The Balaban J connectivity index is 1.96. The Kier molecular flexibility index (Phi) is 6.66. The van der Waals surface area contributed by atoms with Crippen molar-refractivity contribution >= 4 is 11.9 Å². The predicted octanol–water partition coefficient (Wildman–Crippen LogP) is 2.38. The van der Waals surface area contributed by atoms with Gasteiger partial charge in [0.05, 0.1) is 12.1 Å². The molecule has 1 aromatic heterocycles. The van der Waals surface area contributed by atoms with Gasteiger partial charge in [-0.05, 0) is 31.5 Å². The number of carbonyl (C=O) groups excluding carboxylic acids is 1. The summed E-state index contributed by atoms with van der Waals surface area (Å²) in [5.41, 5.74) is 1.83. The minimum absolute atomic E-state index is 0.0925. The molecule has 2 N–H and O–H groups in total. The lowest BCUT2D eigenvalue weighted by molar-refractivity contribution is -0.143. The van der Waals surface area contributed by atoms with E-state index in [4.69, 9.17) is 9.84 Å². The third-order valence-corrected chi connectivity index (χ3v) is 3.95. The van der Waals surface area contributed by atoms with Crippen LogP contribution in [0.3, 0.4) is 0 Å². The maximum atomic E-state index is 12.6. The zero-order valence-electron chi connectivity index (χ0n) is 15.3. The lowest BCUT2D eigenvalue weighted by Gasteiger charge is -2.09. The van der Waals surface area contributed by atoms with Crippen molar-refractivity contribution in [2.24, 2.45) is 0 Å². The second-order valence-electron chi connectivity index (χ2n) is 6.21. The normalized spacial score (nSPS) is 11.3. The van der Waals surface area contributed by atoms with Crippen molar-refractivity contribution in [3.63, 3.8) is 0 Å². The van der Waals surface area contributed by atoms with E-state index in [1.165, 1.54) is 6.92 Å². The van der Waals surface area contributed by atoms with E-state index in [-0.39, 0.29) is 18.9 Å². The van der Waals surface area contributed by atoms with Crippen LogP contribution < -0.4 is 10.1 Å². The van der Waals surface area contributed by atoms with E-state index in [9.17, 15) is 22.8 Å². The molecule has 2 rings (SSSR count). The van der Waals surface area contributed by atoms with Gasteiger partial charge in [-0.2, -0.15) is 18.3 Å². The van der Waals surface area contributed by atoms with Gasteiger partial charge >= 0.3 is 12.1 Å². The molecule has 2 aromatic rings. The molecule has 0 atom stereocenters. The zero-order valence-corrected chi connectivity index (χ0v) is 15.3. The Morgan fingerprint density at radius 1 is 1.29 bits per heavy atom. The second kappa shape index (κ2) is 8.77. The molecule has 0 fully saturated rings. The number of hydrogen-bond donors (Lipinski definition) is 2. The first-order chi connectivity index (χ1) is 13.0. The van der Waals surface area contributed by atoms with E-state index in [2.05, 4.69) is 10.4 Å². The van der Waals surface area contributed by atoms with Gasteiger partial charge in [-0.3, -0.25) is 9.48 Å². The van der Waals surface area contributed by atoms with Crippen LogP contribution in [0.1, 0.15) is 22.5 Å². The van der Waals surface area contributed by atoms with Gasteiger partial charge in [0.25, 0.3) is 0 Å². The first-order valence-corrected chi connectivity index (χ1v) is 8.35. The molecule has 7 nitrogen and oxygen atoms in total. The van der Waals surface area contributed by atoms with Gasteiger partial charge in [0.2, 0.25) is 5.91 Å². The van der Waals surface area contributed by atoms with E-state index in [1.807, 2.05) is 0 Å². The number of hydrogen-bond acceptors (Lipinski definition) is 4. The monoisotopic (exact) mass is 399 g/mol. The number of ether oxygens (including phenoxy) is 1. The van der Waals surface area contributed by atoms with Crippen LogP contribution in [0.15, 0.2) is 24.3 Å². The summed E-state index contributed by atoms with van der Waals surface area (Å²) in [6.07, 6.45) is -4.48. The van der Waals surface area contributed by atoms with Crippen molar-refractivity contribution in [2.45, 2.75) is 39.5 Å². The summed E-state index contributed by atoms with van der Waals surface area (Å²) in [7, 11) is 0. The van der Waals surface area contributed by atoms with Crippen LogP contribution in [0.25, 0.3) is 0 Å². The Labute approximate surface area is 159 Å².